The number of rotatable bonds is 3. The largest absolute Gasteiger partial charge is 0.514 e. The average Bonchev–Trinajstić information content (AvgIpc) is 3.61. The van der Waals surface area contributed by atoms with E-state index in [1.54, 1.807) is 4.68 Å². The zero-order valence-electron chi connectivity index (χ0n) is 22.4. The van der Waals surface area contributed by atoms with Crippen molar-refractivity contribution in [3.63, 3.8) is 0 Å². The predicted molar refractivity (Wildman–Crippen MR) is 143 cm³/mol. The number of hydrogen-bond acceptors (Lipinski definition) is 5. The first-order valence-electron chi connectivity index (χ1n) is 13.1. The Labute approximate surface area is 225 Å². The van der Waals surface area contributed by atoms with Crippen molar-refractivity contribution in [3.05, 3.63) is 72.2 Å². The lowest BCUT2D eigenvalue weighted by atomic mass is 10.1. The maximum absolute atomic E-state index is 14.6. The highest BCUT2D eigenvalue weighted by atomic mass is 19.1. The summed E-state index contributed by atoms with van der Waals surface area (Å²) in [6.07, 6.45) is 4.03. The van der Waals surface area contributed by atoms with Gasteiger partial charge in [-0.15, -0.1) is 0 Å². The first kappa shape index (κ1) is 25.2. The summed E-state index contributed by atoms with van der Waals surface area (Å²) < 4.78 is 37.5. The van der Waals surface area contributed by atoms with E-state index in [1.807, 2.05) is 50.7 Å². The minimum Gasteiger partial charge on any atom is -0.414 e. The number of halogens is 2. The van der Waals surface area contributed by atoms with Crippen molar-refractivity contribution in [1.29, 1.82) is 0 Å². The number of ether oxygens (including phenoxy) is 1. The maximum atomic E-state index is 14.6. The van der Waals surface area contributed by atoms with Crippen molar-refractivity contribution in [2.75, 3.05) is 25.0 Å². The summed E-state index contributed by atoms with van der Waals surface area (Å²) in [7, 11) is 1.88. The molecular weight excluding hydrogens is 502 g/mol. The standard InChI is InChI=1S/C29H30F2N6O2/c1-29(2,3)39-28(38)34(4)22-9-10-35(16-22)21-6-8-25-19(11-21)15-36-14-18(23-7-5-20(30)13-24(23)31)12-26(36)27-32-17-33-37(25)27/h5-8,11-14,17,22H,9-10,15-16H2,1-4H3/p+1. The second kappa shape index (κ2) is 9.30. The van der Waals surface area contributed by atoms with E-state index in [-0.39, 0.29) is 12.1 Å². The van der Waals surface area contributed by atoms with Gasteiger partial charge in [-0.05, 0) is 62.7 Å². The molecule has 2 aliphatic rings. The fraction of sp³-hybridized carbons (Fsp3) is 0.345. The number of hydrogen-bond donors (Lipinski definition) is 1. The lowest BCUT2D eigenvalue weighted by Crippen LogP contribution is -3.16. The van der Waals surface area contributed by atoms with Crippen LogP contribution in [-0.2, 0) is 11.3 Å². The van der Waals surface area contributed by atoms with Crippen molar-refractivity contribution >= 4 is 11.8 Å². The molecule has 4 heterocycles. The molecule has 0 aliphatic carbocycles. The molecule has 0 bridgehead atoms. The van der Waals surface area contributed by atoms with E-state index in [9.17, 15) is 13.6 Å². The summed E-state index contributed by atoms with van der Waals surface area (Å²) in [6, 6.07) is 11.9. The molecule has 0 saturated carbocycles. The van der Waals surface area contributed by atoms with Gasteiger partial charge in [0, 0.05) is 48.6 Å². The van der Waals surface area contributed by atoms with E-state index in [0.29, 0.717) is 23.5 Å². The Morgan fingerprint density at radius 2 is 1.95 bits per heavy atom. The summed E-state index contributed by atoms with van der Waals surface area (Å²) in [4.78, 5) is 20.2. The smallest absolute Gasteiger partial charge is 0.414 e. The highest BCUT2D eigenvalue weighted by Gasteiger charge is 2.36. The normalized spacial score (nSPS) is 17.3. The van der Waals surface area contributed by atoms with Gasteiger partial charge in [0.05, 0.1) is 25.0 Å². The molecule has 1 fully saturated rings. The van der Waals surface area contributed by atoms with Crippen LogP contribution in [0.25, 0.3) is 28.3 Å². The van der Waals surface area contributed by atoms with Crippen molar-refractivity contribution < 1.29 is 23.2 Å². The lowest BCUT2D eigenvalue weighted by molar-refractivity contribution is -0.828. The number of benzene rings is 2. The number of aromatic nitrogens is 4. The Balaban J connectivity index is 1.29. The minimum absolute atomic E-state index is 0.129. The molecule has 1 amide bonds. The van der Waals surface area contributed by atoms with Gasteiger partial charge in [-0.3, -0.25) is 0 Å². The lowest BCUT2D eigenvalue weighted by Gasteiger charge is -2.24. The molecule has 1 saturated heterocycles. The molecule has 0 spiro atoms. The quantitative estimate of drug-likeness (QED) is 0.379. The summed E-state index contributed by atoms with van der Waals surface area (Å²) in [5, 5.41) is 4.48. The SMILES string of the molecule is C[NH+](C(=O)OC(C)(C)C)C1CCN(c2ccc3c(c2)Cn2cc(-c4ccc(F)cc4F)cc2-c2ncnn2-3)C1. The summed E-state index contributed by atoms with van der Waals surface area (Å²) in [5.41, 5.74) is 4.28. The molecule has 2 atom stereocenters. The first-order chi connectivity index (χ1) is 18.6. The van der Waals surface area contributed by atoms with Crippen LogP contribution in [0.2, 0.25) is 0 Å². The molecule has 2 unspecified atom stereocenters. The summed E-state index contributed by atoms with van der Waals surface area (Å²) >= 11 is 0. The van der Waals surface area contributed by atoms with Crippen LogP contribution in [0.3, 0.4) is 0 Å². The minimum atomic E-state index is -0.610. The number of carbonyl (C=O) groups is 1. The van der Waals surface area contributed by atoms with E-state index in [0.717, 1.165) is 53.1 Å². The van der Waals surface area contributed by atoms with Gasteiger partial charge in [0.15, 0.2) is 5.82 Å². The molecule has 0 radical (unpaired) electrons. The second-order valence-electron chi connectivity index (χ2n) is 11.3. The molecule has 2 aromatic heterocycles. The Morgan fingerprint density at radius 1 is 1.13 bits per heavy atom. The predicted octanol–water partition coefficient (Wildman–Crippen LogP) is 4.07. The third-order valence-corrected chi connectivity index (χ3v) is 7.43. The van der Waals surface area contributed by atoms with Gasteiger partial charge in [0.25, 0.3) is 0 Å². The highest BCUT2D eigenvalue weighted by Crippen LogP contribution is 2.35. The Kier molecular flexibility index (Phi) is 6.02. The summed E-state index contributed by atoms with van der Waals surface area (Å²) in [5.74, 6) is -0.567. The molecule has 39 heavy (non-hydrogen) atoms. The second-order valence-corrected chi connectivity index (χ2v) is 11.3. The van der Waals surface area contributed by atoms with Gasteiger partial charge in [0.2, 0.25) is 0 Å². The van der Waals surface area contributed by atoms with Crippen molar-refractivity contribution in [1.82, 2.24) is 19.3 Å². The third-order valence-electron chi connectivity index (χ3n) is 7.43. The Hall–Kier alpha value is -4.05. The van der Waals surface area contributed by atoms with Gasteiger partial charge < -0.3 is 14.2 Å². The zero-order valence-corrected chi connectivity index (χ0v) is 22.4. The van der Waals surface area contributed by atoms with E-state index in [4.69, 9.17) is 4.74 Å². The molecule has 6 rings (SSSR count). The Bertz CT molecular complexity index is 1570. The average molecular weight is 534 g/mol. The van der Waals surface area contributed by atoms with Crippen LogP contribution in [0.1, 0.15) is 32.8 Å². The number of anilines is 1. The number of nitrogens with zero attached hydrogens (tertiary/aromatic N) is 5. The molecule has 8 nitrogen and oxygen atoms in total. The van der Waals surface area contributed by atoms with Gasteiger partial charge in [-0.1, -0.05) is 0 Å². The highest BCUT2D eigenvalue weighted by molar-refractivity contribution is 5.72. The van der Waals surface area contributed by atoms with Gasteiger partial charge >= 0.3 is 6.09 Å². The van der Waals surface area contributed by atoms with E-state index >= 15 is 0 Å². The van der Waals surface area contributed by atoms with Crippen LogP contribution in [0.15, 0.2) is 55.0 Å². The van der Waals surface area contributed by atoms with Gasteiger partial charge in [-0.2, -0.15) is 9.89 Å². The van der Waals surface area contributed by atoms with Gasteiger partial charge in [-0.25, -0.2) is 23.3 Å². The molecule has 2 aliphatic heterocycles. The van der Waals surface area contributed by atoms with Crippen LogP contribution in [0, 0.1) is 11.6 Å². The number of likely N-dealkylation sites (N-methyl/N-ethyl adjacent to an activating group) is 1. The van der Waals surface area contributed by atoms with E-state index < -0.39 is 17.2 Å². The van der Waals surface area contributed by atoms with Crippen LogP contribution in [0.5, 0.6) is 0 Å². The molecule has 2 aromatic carbocycles. The number of alkyl carbamates (subject to hydrolysis) is 2. The number of quaternary nitrogens is 1. The number of fused-ring (bicyclic) bond motifs is 5. The molecule has 1 N–H and O–H groups in total. The third kappa shape index (κ3) is 4.69. The molecular formula is C29H31F2N6O2+. The van der Waals surface area contributed by atoms with Crippen LogP contribution < -0.4 is 9.80 Å². The fourth-order valence-electron chi connectivity index (χ4n) is 5.45. The number of carbonyl (C=O) groups excluding carboxylic acids is 1. The molecule has 202 valence electrons. The topological polar surface area (TPSA) is 69.6 Å². The van der Waals surface area contributed by atoms with Crippen molar-refractivity contribution in [2.45, 2.75) is 45.4 Å². The van der Waals surface area contributed by atoms with Crippen LogP contribution >= 0.6 is 0 Å². The van der Waals surface area contributed by atoms with Crippen molar-refractivity contribution in [3.8, 4) is 28.3 Å². The van der Waals surface area contributed by atoms with Crippen LogP contribution in [0.4, 0.5) is 19.3 Å². The van der Waals surface area contributed by atoms with Crippen molar-refractivity contribution in [2.24, 2.45) is 0 Å². The Morgan fingerprint density at radius 3 is 2.72 bits per heavy atom. The molecule has 10 heteroatoms. The zero-order chi connectivity index (χ0) is 27.5. The fourth-order valence-corrected chi connectivity index (χ4v) is 5.45. The summed E-state index contributed by atoms with van der Waals surface area (Å²) in [6.45, 7) is 7.74. The number of nitrogens with one attached hydrogen (secondary N) is 1. The van der Waals surface area contributed by atoms with Gasteiger partial charge in [0.1, 0.15) is 29.6 Å². The van der Waals surface area contributed by atoms with E-state index in [1.165, 1.54) is 18.5 Å². The molecule has 4 aromatic rings. The van der Waals surface area contributed by atoms with Crippen LogP contribution in [-0.4, -0.2) is 57.2 Å². The number of amides is 1. The van der Waals surface area contributed by atoms with E-state index in [2.05, 4.69) is 27.1 Å². The first-order valence-corrected chi connectivity index (χ1v) is 13.1. The maximum Gasteiger partial charge on any atom is 0.514 e. The monoisotopic (exact) mass is 533 g/mol.